The third-order valence-electron chi connectivity index (χ3n) is 3.14. The first-order valence-electron chi connectivity index (χ1n) is 6.49. The Morgan fingerprint density at radius 3 is 2.25 bits per heavy atom. The first kappa shape index (κ1) is 18.7. The molecule has 0 amide bonds. The van der Waals surface area contributed by atoms with Crippen LogP contribution in [0.5, 0.6) is 11.5 Å². The number of alkyl halides is 3. The third kappa shape index (κ3) is 3.56. The van der Waals surface area contributed by atoms with E-state index in [1.54, 1.807) is 6.92 Å². The van der Waals surface area contributed by atoms with Crippen molar-refractivity contribution in [1.29, 1.82) is 0 Å². The standard InChI is InChI=1S/C15H11BrF4O3S/c1-8-5-10(17)7-11(6-8)23-12-3-4-13(14(16)9(12)2)24(21,22)15(18,19)20/h3-7H,1-2H3. The van der Waals surface area contributed by atoms with Crippen molar-refractivity contribution in [1.82, 2.24) is 0 Å². The SMILES string of the molecule is Cc1cc(F)cc(Oc2ccc(S(=O)(=O)C(F)(F)F)c(Br)c2C)c1. The second kappa shape index (κ2) is 6.36. The molecule has 0 bridgehead atoms. The van der Waals surface area contributed by atoms with Crippen LogP contribution in [0.4, 0.5) is 17.6 Å². The highest BCUT2D eigenvalue weighted by molar-refractivity contribution is 9.10. The van der Waals surface area contributed by atoms with Gasteiger partial charge in [0.2, 0.25) is 0 Å². The largest absolute Gasteiger partial charge is 0.501 e. The van der Waals surface area contributed by atoms with Gasteiger partial charge in [-0.25, -0.2) is 12.8 Å². The minimum Gasteiger partial charge on any atom is -0.457 e. The summed E-state index contributed by atoms with van der Waals surface area (Å²) in [6, 6.07) is 5.83. The number of hydrogen-bond donors (Lipinski definition) is 0. The monoisotopic (exact) mass is 426 g/mol. The summed E-state index contributed by atoms with van der Waals surface area (Å²) in [4.78, 5) is -0.907. The van der Waals surface area contributed by atoms with E-state index in [4.69, 9.17) is 4.74 Å². The molecule has 0 saturated carbocycles. The lowest BCUT2D eigenvalue weighted by Gasteiger charge is -2.15. The average Bonchev–Trinajstić information content (AvgIpc) is 2.41. The van der Waals surface area contributed by atoms with Gasteiger partial charge in [-0.05, 0) is 59.6 Å². The molecule has 2 aromatic carbocycles. The van der Waals surface area contributed by atoms with Gasteiger partial charge in [-0.15, -0.1) is 0 Å². The average molecular weight is 427 g/mol. The summed E-state index contributed by atoms with van der Waals surface area (Å²) in [6.45, 7) is 3.04. The van der Waals surface area contributed by atoms with E-state index in [1.165, 1.54) is 19.1 Å². The second-order valence-corrected chi connectivity index (χ2v) is 7.72. The summed E-state index contributed by atoms with van der Waals surface area (Å²) >= 11 is 2.87. The van der Waals surface area contributed by atoms with Crippen LogP contribution in [-0.4, -0.2) is 13.9 Å². The maximum Gasteiger partial charge on any atom is 0.501 e. The second-order valence-electron chi connectivity index (χ2n) is 5.02. The van der Waals surface area contributed by atoms with Crippen molar-refractivity contribution in [2.24, 2.45) is 0 Å². The van der Waals surface area contributed by atoms with Gasteiger partial charge < -0.3 is 4.74 Å². The van der Waals surface area contributed by atoms with E-state index in [-0.39, 0.29) is 21.5 Å². The third-order valence-corrected chi connectivity index (χ3v) is 5.95. The molecule has 3 nitrogen and oxygen atoms in total. The fourth-order valence-electron chi connectivity index (χ4n) is 1.97. The molecule has 0 saturated heterocycles. The highest BCUT2D eigenvalue weighted by Crippen LogP contribution is 2.39. The number of rotatable bonds is 3. The fraction of sp³-hybridized carbons (Fsp3) is 0.200. The molecule has 0 unspecified atom stereocenters. The van der Waals surface area contributed by atoms with E-state index in [9.17, 15) is 26.0 Å². The zero-order valence-electron chi connectivity index (χ0n) is 12.4. The number of sulfone groups is 1. The van der Waals surface area contributed by atoms with E-state index < -0.39 is 26.1 Å². The first-order valence-corrected chi connectivity index (χ1v) is 8.76. The Labute approximate surface area is 144 Å². The summed E-state index contributed by atoms with van der Waals surface area (Å²) in [5.41, 5.74) is -4.68. The van der Waals surface area contributed by atoms with Gasteiger partial charge in [0.25, 0.3) is 9.84 Å². The summed E-state index contributed by atoms with van der Waals surface area (Å²) in [5.74, 6) is -0.278. The van der Waals surface area contributed by atoms with Gasteiger partial charge in [0, 0.05) is 16.1 Å². The molecule has 0 aliphatic rings. The van der Waals surface area contributed by atoms with Crippen LogP contribution in [-0.2, 0) is 9.84 Å². The van der Waals surface area contributed by atoms with Crippen LogP contribution >= 0.6 is 15.9 Å². The van der Waals surface area contributed by atoms with Crippen LogP contribution in [0, 0.1) is 19.7 Å². The van der Waals surface area contributed by atoms with Gasteiger partial charge in [-0.2, -0.15) is 13.2 Å². The molecule has 0 spiro atoms. The number of hydrogen-bond acceptors (Lipinski definition) is 3. The highest BCUT2D eigenvalue weighted by atomic mass is 79.9. The van der Waals surface area contributed by atoms with Crippen molar-refractivity contribution >= 4 is 25.8 Å². The lowest BCUT2D eigenvalue weighted by molar-refractivity contribution is -0.0436. The molecule has 24 heavy (non-hydrogen) atoms. The van der Waals surface area contributed by atoms with E-state index in [1.807, 2.05) is 0 Å². The van der Waals surface area contributed by atoms with Crippen LogP contribution in [0.3, 0.4) is 0 Å². The van der Waals surface area contributed by atoms with Crippen molar-refractivity contribution in [3.63, 3.8) is 0 Å². The van der Waals surface area contributed by atoms with Gasteiger partial charge in [-0.3, -0.25) is 0 Å². The lowest BCUT2D eigenvalue weighted by Crippen LogP contribution is -2.23. The zero-order valence-corrected chi connectivity index (χ0v) is 14.8. The molecular formula is C15H11BrF4O3S. The lowest BCUT2D eigenvalue weighted by atomic mass is 10.2. The Kier molecular flexibility index (Phi) is 4.96. The topological polar surface area (TPSA) is 43.4 Å². The predicted octanol–water partition coefficient (Wildman–Crippen LogP) is 5.29. The molecule has 0 aliphatic carbocycles. The van der Waals surface area contributed by atoms with E-state index >= 15 is 0 Å². The van der Waals surface area contributed by atoms with E-state index in [0.717, 1.165) is 18.2 Å². The smallest absolute Gasteiger partial charge is 0.457 e. The molecule has 0 fully saturated rings. The molecule has 0 N–H and O–H groups in total. The molecule has 0 aromatic heterocycles. The van der Waals surface area contributed by atoms with Gasteiger partial charge in [0.05, 0.1) is 4.90 Å². The van der Waals surface area contributed by atoms with Gasteiger partial charge >= 0.3 is 5.51 Å². The molecule has 130 valence electrons. The molecule has 2 aromatic rings. The number of benzene rings is 2. The Balaban J connectivity index is 2.48. The predicted molar refractivity (Wildman–Crippen MR) is 83.3 cm³/mol. The van der Waals surface area contributed by atoms with Gasteiger partial charge in [0.1, 0.15) is 17.3 Å². The molecule has 0 atom stereocenters. The summed E-state index contributed by atoms with van der Waals surface area (Å²) < 4.78 is 79.7. The van der Waals surface area contributed by atoms with Gasteiger partial charge in [0.15, 0.2) is 0 Å². The fourth-order valence-corrected chi connectivity index (χ4v) is 3.83. The summed E-state index contributed by atoms with van der Waals surface area (Å²) in [7, 11) is -5.50. The minimum absolute atomic E-state index is 0.105. The summed E-state index contributed by atoms with van der Waals surface area (Å²) in [5, 5.41) is 0. The molecule has 2 rings (SSSR count). The van der Waals surface area contributed by atoms with Crippen molar-refractivity contribution in [2.45, 2.75) is 24.3 Å². The minimum atomic E-state index is -5.50. The van der Waals surface area contributed by atoms with Crippen LogP contribution in [0.1, 0.15) is 11.1 Å². The number of aryl methyl sites for hydroxylation is 1. The highest BCUT2D eigenvalue weighted by Gasteiger charge is 2.48. The maximum atomic E-state index is 13.4. The Hall–Kier alpha value is -1.61. The maximum absolute atomic E-state index is 13.4. The van der Waals surface area contributed by atoms with E-state index in [2.05, 4.69) is 15.9 Å². The Morgan fingerprint density at radius 2 is 1.71 bits per heavy atom. The molecular weight excluding hydrogens is 416 g/mol. The number of halogens is 5. The first-order chi connectivity index (χ1) is 10.9. The van der Waals surface area contributed by atoms with E-state index in [0.29, 0.717) is 5.56 Å². The zero-order chi connectivity index (χ0) is 18.3. The van der Waals surface area contributed by atoms with Gasteiger partial charge in [-0.1, -0.05) is 0 Å². The van der Waals surface area contributed by atoms with Crippen LogP contribution in [0.15, 0.2) is 39.7 Å². The number of ether oxygens (including phenoxy) is 1. The Bertz CT molecular complexity index is 872. The molecule has 0 radical (unpaired) electrons. The normalized spacial score (nSPS) is 12.3. The summed E-state index contributed by atoms with van der Waals surface area (Å²) in [6.07, 6.45) is 0. The van der Waals surface area contributed by atoms with Crippen LogP contribution < -0.4 is 4.74 Å². The van der Waals surface area contributed by atoms with Crippen molar-refractivity contribution < 1.29 is 30.7 Å². The van der Waals surface area contributed by atoms with Crippen molar-refractivity contribution in [3.05, 3.63) is 51.7 Å². The Morgan fingerprint density at radius 1 is 1.08 bits per heavy atom. The van der Waals surface area contributed by atoms with Crippen molar-refractivity contribution in [3.8, 4) is 11.5 Å². The molecule has 9 heteroatoms. The molecule has 0 aliphatic heterocycles. The quantitative estimate of drug-likeness (QED) is 0.626. The van der Waals surface area contributed by atoms with Crippen LogP contribution in [0.25, 0.3) is 0 Å². The van der Waals surface area contributed by atoms with Crippen LogP contribution in [0.2, 0.25) is 0 Å². The molecule has 0 heterocycles. The van der Waals surface area contributed by atoms with Crippen molar-refractivity contribution in [2.75, 3.05) is 0 Å².